The molecule has 0 rings (SSSR count). The van der Waals surface area contributed by atoms with Crippen molar-refractivity contribution < 1.29 is 14.2 Å². The fourth-order valence-electron chi connectivity index (χ4n) is 2.13. The van der Waals surface area contributed by atoms with Crippen LogP contribution in [-0.2, 0) is 14.2 Å². The highest BCUT2D eigenvalue weighted by atomic mass is 16.5. The molecule has 0 saturated heterocycles. The maximum Gasteiger partial charge on any atom is 0.0494 e. The normalized spacial score (nSPS) is 14.7. The van der Waals surface area contributed by atoms with Gasteiger partial charge in [0, 0.05) is 39.6 Å². The van der Waals surface area contributed by atoms with Gasteiger partial charge >= 0.3 is 0 Å². The molecule has 0 aliphatic rings. The molecule has 0 aromatic rings. The summed E-state index contributed by atoms with van der Waals surface area (Å²) in [5, 5.41) is 0. The second-order valence-electron chi connectivity index (χ2n) is 4.86. The number of hydrogen-bond donors (Lipinski definition) is 0. The molecule has 0 bridgehead atoms. The highest BCUT2D eigenvalue weighted by Gasteiger charge is 2.13. The van der Waals surface area contributed by atoms with E-state index in [0.29, 0.717) is 11.8 Å². The lowest BCUT2D eigenvalue weighted by molar-refractivity contribution is 0.0673. The lowest BCUT2D eigenvalue weighted by Gasteiger charge is -2.20. The van der Waals surface area contributed by atoms with Gasteiger partial charge in [0.15, 0.2) is 0 Å². The van der Waals surface area contributed by atoms with Gasteiger partial charge in [-0.2, -0.15) is 0 Å². The Hall–Kier alpha value is -0.120. The molecule has 2 atom stereocenters. The monoisotopic (exact) mass is 260 g/mol. The molecule has 0 aromatic carbocycles. The van der Waals surface area contributed by atoms with E-state index in [1.54, 1.807) is 0 Å². The molecule has 0 radical (unpaired) electrons. The van der Waals surface area contributed by atoms with Crippen LogP contribution in [0.2, 0.25) is 0 Å². The first-order valence-corrected chi connectivity index (χ1v) is 7.47. The quantitative estimate of drug-likeness (QED) is 0.474. The van der Waals surface area contributed by atoms with Crippen LogP contribution in [0, 0.1) is 11.8 Å². The summed E-state index contributed by atoms with van der Waals surface area (Å²) in [4.78, 5) is 0. The van der Waals surface area contributed by atoms with Crippen molar-refractivity contribution in [2.24, 2.45) is 11.8 Å². The van der Waals surface area contributed by atoms with Crippen LogP contribution in [0.1, 0.15) is 47.0 Å². The second-order valence-corrected chi connectivity index (χ2v) is 4.86. The topological polar surface area (TPSA) is 27.7 Å². The lowest BCUT2D eigenvalue weighted by Crippen LogP contribution is -2.17. The molecule has 0 aliphatic heterocycles. The summed E-state index contributed by atoms with van der Waals surface area (Å²) in [6.45, 7) is 13.5. The Kier molecular flexibility index (Phi) is 13.2. The van der Waals surface area contributed by atoms with Crippen LogP contribution in [0.3, 0.4) is 0 Å². The molecular formula is C15H32O3. The summed E-state index contributed by atoms with van der Waals surface area (Å²) in [6, 6.07) is 0. The van der Waals surface area contributed by atoms with Crippen molar-refractivity contribution in [2.45, 2.75) is 47.0 Å². The highest BCUT2D eigenvalue weighted by Crippen LogP contribution is 2.18. The van der Waals surface area contributed by atoms with Gasteiger partial charge in [0.2, 0.25) is 0 Å². The summed E-state index contributed by atoms with van der Waals surface area (Å²) >= 11 is 0. The van der Waals surface area contributed by atoms with E-state index in [9.17, 15) is 0 Å². The van der Waals surface area contributed by atoms with Crippen LogP contribution in [-0.4, -0.2) is 39.6 Å². The first-order valence-electron chi connectivity index (χ1n) is 7.47. The Morgan fingerprint density at radius 3 is 2.06 bits per heavy atom. The first kappa shape index (κ1) is 17.9. The molecule has 0 N–H and O–H groups in total. The van der Waals surface area contributed by atoms with Crippen molar-refractivity contribution in [1.82, 2.24) is 0 Å². The maximum absolute atomic E-state index is 5.58. The van der Waals surface area contributed by atoms with E-state index in [1.807, 2.05) is 13.8 Å². The molecule has 0 aliphatic carbocycles. The minimum absolute atomic E-state index is 0.613. The number of hydrogen-bond acceptors (Lipinski definition) is 3. The van der Waals surface area contributed by atoms with E-state index in [1.165, 1.54) is 12.8 Å². The summed E-state index contributed by atoms with van der Waals surface area (Å²) in [5.41, 5.74) is 0. The fourth-order valence-corrected chi connectivity index (χ4v) is 2.13. The maximum atomic E-state index is 5.58. The zero-order valence-electron chi connectivity index (χ0n) is 12.7. The molecule has 0 amide bonds. The summed E-state index contributed by atoms with van der Waals surface area (Å²) in [5.74, 6) is 1.25. The van der Waals surface area contributed by atoms with Crippen LogP contribution in [0.25, 0.3) is 0 Å². The van der Waals surface area contributed by atoms with Gasteiger partial charge in [-0.25, -0.2) is 0 Å². The SMILES string of the molecule is CCOCCCC(COCC)CC(C)COCC. The Balaban J connectivity index is 3.81. The fraction of sp³-hybridized carbons (Fsp3) is 1.00. The van der Waals surface area contributed by atoms with Gasteiger partial charge in [-0.05, 0) is 51.9 Å². The van der Waals surface area contributed by atoms with Gasteiger partial charge in [0.1, 0.15) is 0 Å². The molecule has 0 spiro atoms. The summed E-state index contributed by atoms with van der Waals surface area (Å²) in [7, 11) is 0. The lowest BCUT2D eigenvalue weighted by atomic mass is 9.93. The van der Waals surface area contributed by atoms with E-state index in [0.717, 1.165) is 46.1 Å². The third-order valence-electron chi connectivity index (χ3n) is 3.01. The average molecular weight is 260 g/mol. The van der Waals surface area contributed by atoms with E-state index >= 15 is 0 Å². The number of ether oxygens (including phenoxy) is 3. The van der Waals surface area contributed by atoms with Crippen molar-refractivity contribution in [3.63, 3.8) is 0 Å². The second kappa shape index (κ2) is 13.3. The van der Waals surface area contributed by atoms with Crippen LogP contribution in [0.15, 0.2) is 0 Å². The predicted octanol–water partition coefficient (Wildman–Crippen LogP) is 3.52. The minimum atomic E-state index is 0.613. The van der Waals surface area contributed by atoms with Crippen molar-refractivity contribution in [1.29, 1.82) is 0 Å². The number of rotatable bonds is 13. The van der Waals surface area contributed by atoms with Crippen molar-refractivity contribution in [2.75, 3.05) is 39.6 Å². The Morgan fingerprint density at radius 2 is 1.44 bits per heavy atom. The Labute approximate surface area is 113 Å². The molecule has 2 unspecified atom stereocenters. The van der Waals surface area contributed by atoms with Gasteiger partial charge in [0.25, 0.3) is 0 Å². The van der Waals surface area contributed by atoms with Crippen molar-refractivity contribution in [3.05, 3.63) is 0 Å². The molecule has 3 heteroatoms. The van der Waals surface area contributed by atoms with Gasteiger partial charge in [-0.3, -0.25) is 0 Å². The highest BCUT2D eigenvalue weighted by molar-refractivity contribution is 4.64. The van der Waals surface area contributed by atoms with E-state index < -0.39 is 0 Å². The largest absolute Gasteiger partial charge is 0.382 e. The van der Waals surface area contributed by atoms with Gasteiger partial charge in [0.05, 0.1) is 0 Å². The molecule has 0 heterocycles. The third-order valence-corrected chi connectivity index (χ3v) is 3.01. The van der Waals surface area contributed by atoms with Crippen LogP contribution in [0.5, 0.6) is 0 Å². The zero-order chi connectivity index (χ0) is 13.6. The van der Waals surface area contributed by atoms with Gasteiger partial charge in [-0.1, -0.05) is 6.92 Å². The van der Waals surface area contributed by atoms with Crippen molar-refractivity contribution in [3.8, 4) is 0 Å². The smallest absolute Gasteiger partial charge is 0.0494 e. The van der Waals surface area contributed by atoms with Gasteiger partial charge in [-0.15, -0.1) is 0 Å². The predicted molar refractivity (Wildman–Crippen MR) is 76.0 cm³/mol. The van der Waals surface area contributed by atoms with E-state index in [-0.39, 0.29) is 0 Å². The van der Waals surface area contributed by atoms with Crippen LogP contribution >= 0.6 is 0 Å². The van der Waals surface area contributed by atoms with Crippen LogP contribution in [0.4, 0.5) is 0 Å². The van der Waals surface area contributed by atoms with Crippen LogP contribution < -0.4 is 0 Å². The molecule has 0 aromatic heterocycles. The molecule has 3 nitrogen and oxygen atoms in total. The standard InChI is InChI=1S/C15H32O3/c1-5-16-10-8-9-15(13-18-7-3)11-14(4)12-17-6-2/h14-15H,5-13H2,1-4H3. The average Bonchev–Trinajstić information content (AvgIpc) is 2.38. The Morgan fingerprint density at radius 1 is 0.833 bits per heavy atom. The summed E-state index contributed by atoms with van der Waals surface area (Å²) < 4.78 is 16.4. The van der Waals surface area contributed by atoms with Gasteiger partial charge < -0.3 is 14.2 Å². The zero-order valence-corrected chi connectivity index (χ0v) is 12.7. The first-order chi connectivity index (χ1) is 8.74. The third kappa shape index (κ3) is 11.0. The van der Waals surface area contributed by atoms with Crippen molar-refractivity contribution >= 4 is 0 Å². The molecule has 0 fully saturated rings. The summed E-state index contributed by atoms with van der Waals surface area (Å²) in [6.07, 6.45) is 3.51. The Bertz CT molecular complexity index is 162. The molecule has 110 valence electrons. The van der Waals surface area contributed by atoms with E-state index in [4.69, 9.17) is 14.2 Å². The minimum Gasteiger partial charge on any atom is -0.382 e. The van der Waals surface area contributed by atoms with E-state index in [2.05, 4.69) is 13.8 Å². The molecule has 18 heavy (non-hydrogen) atoms. The molecule has 0 saturated carbocycles. The molecular weight excluding hydrogens is 228 g/mol.